The van der Waals surface area contributed by atoms with E-state index in [4.69, 9.17) is 5.11 Å². The molecule has 2 N–H and O–H groups in total. The smallest absolute Gasteiger partial charge is 0.354 e. The fraction of sp³-hybridized carbons (Fsp3) is 0.538. The van der Waals surface area contributed by atoms with E-state index in [9.17, 15) is 13.2 Å². The second-order valence-corrected chi connectivity index (χ2v) is 7.03. The number of rotatable bonds is 5. The zero-order chi connectivity index (χ0) is 14.6. The van der Waals surface area contributed by atoms with E-state index >= 15 is 0 Å². The van der Waals surface area contributed by atoms with Gasteiger partial charge in [-0.1, -0.05) is 25.3 Å². The zero-order valence-corrected chi connectivity index (χ0v) is 11.9. The van der Waals surface area contributed by atoms with Gasteiger partial charge in [0.25, 0.3) is 0 Å². The van der Waals surface area contributed by atoms with Crippen LogP contribution in [0.3, 0.4) is 0 Å². The van der Waals surface area contributed by atoms with E-state index in [0.717, 1.165) is 19.3 Å². The monoisotopic (exact) mass is 298 g/mol. The van der Waals surface area contributed by atoms with Gasteiger partial charge in [0.2, 0.25) is 10.0 Å². The Morgan fingerprint density at radius 1 is 1.30 bits per heavy atom. The van der Waals surface area contributed by atoms with Crippen molar-refractivity contribution in [3.05, 3.63) is 29.6 Å². The van der Waals surface area contributed by atoms with Crippen LogP contribution in [-0.4, -0.2) is 29.7 Å². The van der Waals surface area contributed by atoms with Crippen molar-refractivity contribution >= 4 is 16.0 Å². The van der Waals surface area contributed by atoms with E-state index in [2.05, 4.69) is 9.71 Å². The van der Waals surface area contributed by atoms with Gasteiger partial charge < -0.3 is 5.11 Å². The number of nitrogens with one attached hydrogen (secondary N) is 1. The Morgan fingerprint density at radius 3 is 2.55 bits per heavy atom. The lowest BCUT2D eigenvalue weighted by Gasteiger charge is -2.21. The van der Waals surface area contributed by atoms with Crippen molar-refractivity contribution in [2.45, 2.75) is 43.9 Å². The number of nitrogens with zero attached hydrogens (tertiary/aromatic N) is 1. The highest BCUT2D eigenvalue weighted by Gasteiger charge is 2.26. The first kappa shape index (κ1) is 14.9. The summed E-state index contributed by atoms with van der Waals surface area (Å²) >= 11 is 0. The Balaban J connectivity index is 1.95. The fourth-order valence-corrected chi connectivity index (χ4v) is 3.89. The van der Waals surface area contributed by atoms with Crippen LogP contribution in [0.4, 0.5) is 0 Å². The Labute approximate surface area is 118 Å². The van der Waals surface area contributed by atoms with E-state index in [1.807, 2.05) is 0 Å². The van der Waals surface area contributed by atoms with Gasteiger partial charge in [0.15, 0.2) is 0 Å². The van der Waals surface area contributed by atoms with Crippen molar-refractivity contribution in [3.8, 4) is 0 Å². The maximum absolute atomic E-state index is 12.1. The third-order valence-electron chi connectivity index (χ3n) is 3.51. The summed E-state index contributed by atoms with van der Waals surface area (Å²) in [5, 5.41) is 8.43. The highest BCUT2D eigenvalue weighted by molar-refractivity contribution is 7.90. The molecule has 0 radical (unpaired) electrons. The van der Waals surface area contributed by atoms with Crippen LogP contribution in [-0.2, 0) is 16.6 Å². The van der Waals surface area contributed by atoms with Gasteiger partial charge in [-0.3, -0.25) is 0 Å². The predicted molar refractivity (Wildman–Crippen MR) is 73.8 cm³/mol. The number of carboxylic acid groups (broad SMARTS) is 1. The molecule has 0 amide bonds. The maximum atomic E-state index is 12.1. The van der Waals surface area contributed by atoms with Gasteiger partial charge >= 0.3 is 5.97 Å². The third-order valence-corrected chi connectivity index (χ3v) is 5.41. The summed E-state index contributed by atoms with van der Waals surface area (Å²) in [5.41, 5.74) is 0.596. The summed E-state index contributed by atoms with van der Waals surface area (Å²) in [5.74, 6) is -1.10. The number of hydrogen-bond donors (Lipinski definition) is 2. The minimum absolute atomic E-state index is 0.0520. The van der Waals surface area contributed by atoms with Gasteiger partial charge in [-0.15, -0.1) is 0 Å². The van der Waals surface area contributed by atoms with Crippen molar-refractivity contribution in [1.82, 2.24) is 9.71 Å². The lowest BCUT2D eigenvalue weighted by Crippen LogP contribution is -2.35. The first-order chi connectivity index (χ1) is 9.49. The van der Waals surface area contributed by atoms with Crippen molar-refractivity contribution in [3.63, 3.8) is 0 Å². The number of aromatic carboxylic acids is 1. The molecule has 2 rings (SSSR count). The fourth-order valence-electron chi connectivity index (χ4n) is 2.33. The molecular weight excluding hydrogens is 280 g/mol. The molecule has 1 heterocycles. The SMILES string of the molecule is O=C(O)c1ccc(CNS(=O)(=O)C2CCCCC2)cn1. The Bertz CT molecular complexity index is 563. The summed E-state index contributed by atoms with van der Waals surface area (Å²) < 4.78 is 26.8. The van der Waals surface area contributed by atoms with Crippen LogP contribution in [0.15, 0.2) is 18.3 Å². The molecule has 1 saturated carbocycles. The van der Waals surface area contributed by atoms with E-state index < -0.39 is 16.0 Å². The van der Waals surface area contributed by atoms with Gasteiger partial charge in [0.1, 0.15) is 5.69 Å². The van der Waals surface area contributed by atoms with Gasteiger partial charge in [-0.2, -0.15) is 0 Å². The molecule has 6 nitrogen and oxygen atoms in total. The average Bonchev–Trinajstić information content (AvgIpc) is 2.46. The van der Waals surface area contributed by atoms with E-state index in [-0.39, 0.29) is 17.5 Å². The van der Waals surface area contributed by atoms with Crippen LogP contribution in [0.1, 0.15) is 48.2 Å². The molecule has 1 fully saturated rings. The molecular formula is C13H18N2O4S. The third kappa shape index (κ3) is 3.77. The number of sulfonamides is 1. The second kappa shape index (κ2) is 6.32. The van der Waals surface area contributed by atoms with Crippen LogP contribution in [0.25, 0.3) is 0 Å². The van der Waals surface area contributed by atoms with E-state index in [0.29, 0.717) is 18.4 Å². The first-order valence-corrected chi connectivity index (χ1v) is 8.20. The Kier molecular flexibility index (Phi) is 4.72. The standard InChI is InChI=1S/C13H18N2O4S/c16-13(17)12-7-6-10(8-14-12)9-15-20(18,19)11-4-2-1-3-5-11/h6-8,11,15H,1-5,9H2,(H,16,17). The number of carboxylic acids is 1. The quantitative estimate of drug-likeness (QED) is 0.859. The van der Waals surface area contributed by atoms with Crippen molar-refractivity contribution < 1.29 is 18.3 Å². The van der Waals surface area contributed by atoms with Crippen LogP contribution >= 0.6 is 0 Å². The topological polar surface area (TPSA) is 96.4 Å². The number of pyridine rings is 1. The molecule has 1 aliphatic carbocycles. The molecule has 1 aliphatic rings. The van der Waals surface area contributed by atoms with Crippen LogP contribution in [0, 0.1) is 0 Å². The van der Waals surface area contributed by atoms with Crippen LogP contribution in [0.2, 0.25) is 0 Å². The van der Waals surface area contributed by atoms with Crippen molar-refractivity contribution in [1.29, 1.82) is 0 Å². The number of carbonyl (C=O) groups is 1. The molecule has 0 spiro atoms. The van der Waals surface area contributed by atoms with E-state index in [1.54, 1.807) is 6.07 Å². The van der Waals surface area contributed by atoms with E-state index in [1.165, 1.54) is 12.3 Å². The molecule has 0 aliphatic heterocycles. The molecule has 7 heteroatoms. The van der Waals surface area contributed by atoms with Crippen LogP contribution in [0.5, 0.6) is 0 Å². The zero-order valence-electron chi connectivity index (χ0n) is 11.1. The molecule has 1 aromatic heterocycles. The number of hydrogen-bond acceptors (Lipinski definition) is 4. The van der Waals surface area contributed by atoms with Gasteiger partial charge in [-0.05, 0) is 24.5 Å². The van der Waals surface area contributed by atoms with Gasteiger partial charge in [0, 0.05) is 12.7 Å². The largest absolute Gasteiger partial charge is 0.477 e. The summed E-state index contributed by atoms with van der Waals surface area (Å²) in [6.07, 6.45) is 5.83. The molecule has 0 saturated heterocycles. The molecule has 20 heavy (non-hydrogen) atoms. The molecule has 0 aromatic carbocycles. The summed E-state index contributed by atoms with van der Waals surface area (Å²) in [6.45, 7) is 0.145. The lowest BCUT2D eigenvalue weighted by atomic mass is 10.0. The Hall–Kier alpha value is -1.47. The summed E-state index contributed by atoms with van der Waals surface area (Å²) in [6, 6.07) is 2.94. The lowest BCUT2D eigenvalue weighted by molar-refractivity contribution is 0.0690. The van der Waals surface area contributed by atoms with Gasteiger partial charge in [0.05, 0.1) is 5.25 Å². The van der Waals surface area contributed by atoms with Gasteiger partial charge in [-0.25, -0.2) is 22.9 Å². The summed E-state index contributed by atoms with van der Waals surface area (Å²) in [4.78, 5) is 14.4. The average molecular weight is 298 g/mol. The second-order valence-electron chi connectivity index (χ2n) is 4.98. The van der Waals surface area contributed by atoms with Crippen molar-refractivity contribution in [2.24, 2.45) is 0 Å². The minimum Gasteiger partial charge on any atom is -0.477 e. The highest BCUT2D eigenvalue weighted by Crippen LogP contribution is 2.23. The molecule has 0 unspecified atom stereocenters. The molecule has 0 atom stereocenters. The minimum atomic E-state index is -3.30. The molecule has 110 valence electrons. The summed E-state index contributed by atoms with van der Waals surface area (Å²) in [7, 11) is -3.30. The Morgan fingerprint density at radius 2 is 2.00 bits per heavy atom. The normalized spacial score (nSPS) is 17.0. The first-order valence-electron chi connectivity index (χ1n) is 6.66. The molecule has 1 aromatic rings. The van der Waals surface area contributed by atoms with Crippen molar-refractivity contribution in [2.75, 3.05) is 0 Å². The number of aromatic nitrogens is 1. The maximum Gasteiger partial charge on any atom is 0.354 e. The predicted octanol–water partition coefficient (Wildman–Crippen LogP) is 1.53. The molecule has 0 bridgehead atoms. The van der Waals surface area contributed by atoms with Crippen LogP contribution < -0.4 is 4.72 Å². The highest BCUT2D eigenvalue weighted by atomic mass is 32.2.